The summed E-state index contributed by atoms with van der Waals surface area (Å²) < 4.78 is 5.38. The van der Waals surface area contributed by atoms with Crippen LogP contribution < -0.4 is 4.74 Å². The molecule has 0 aliphatic heterocycles. The summed E-state index contributed by atoms with van der Waals surface area (Å²) in [5.41, 5.74) is 2.27. The van der Waals surface area contributed by atoms with Crippen LogP contribution in [0.2, 0.25) is 0 Å². The molecule has 20 heavy (non-hydrogen) atoms. The van der Waals surface area contributed by atoms with E-state index >= 15 is 0 Å². The second-order valence-electron chi connectivity index (χ2n) is 4.91. The first kappa shape index (κ1) is 14.7. The first-order valence-electron chi connectivity index (χ1n) is 6.68. The highest BCUT2D eigenvalue weighted by Gasteiger charge is 2.12. The normalized spacial score (nSPS) is 12.1. The lowest BCUT2D eigenvalue weighted by Gasteiger charge is -2.16. The quantitative estimate of drug-likeness (QED) is 0.814. The smallest absolute Gasteiger partial charge is 0.122 e. The van der Waals surface area contributed by atoms with Crippen LogP contribution in [0.3, 0.4) is 0 Å². The molecule has 0 saturated heterocycles. The summed E-state index contributed by atoms with van der Waals surface area (Å²) in [5.74, 6) is 2.09. The molecule has 0 bridgehead atoms. The average molecular weight is 291 g/mol. The Bertz CT molecular complexity index is 554. The van der Waals surface area contributed by atoms with Crippen LogP contribution in [0.15, 0.2) is 48.5 Å². The molecule has 0 aliphatic rings. The van der Waals surface area contributed by atoms with E-state index in [9.17, 15) is 5.11 Å². The highest BCUT2D eigenvalue weighted by Crippen LogP contribution is 2.24. The van der Waals surface area contributed by atoms with Gasteiger partial charge in [-0.05, 0) is 48.1 Å². The Balaban J connectivity index is 2.09. The maximum absolute atomic E-state index is 9.52. The van der Waals surface area contributed by atoms with Crippen LogP contribution in [0.4, 0.5) is 0 Å². The van der Waals surface area contributed by atoms with Crippen LogP contribution in [0, 0.1) is 5.92 Å². The Morgan fingerprint density at radius 3 is 2.60 bits per heavy atom. The lowest BCUT2D eigenvalue weighted by Crippen LogP contribution is -2.11. The van der Waals surface area contributed by atoms with Crippen molar-refractivity contribution in [3.8, 4) is 11.5 Å². The fourth-order valence-electron chi connectivity index (χ4n) is 2.38. The molecule has 0 aromatic heterocycles. The fraction of sp³-hybridized carbons (Fsp3) is 0.294. The van der Waals surface area contributed by atoms with E-state index in [2.05, 4.69) is 6.07 Å². The maximum atomic E-state index is 9.52. The molecule has 2 aromatic carbocycles. The van der Waals surface area contributed by atoms with Crippen LogP contribution in [0.1, 0.15) is 11.1 Å². The number of alkyl halides is 1. The lowest BCUT2D eigenvalue weighted by atomic mass is 9.93. The van der Waals surface area contributed by atoms with Gasteiger partial charge in [-0.2, -0.15) is 0 Å². The zero-order valence-corrected chi connectivity index (χ0v) is 12.3. The number of aromatic hydroxyl groups is 1. The summed E-state index contributed by atoms with van der Waals surface area (Å²) in [5, 5.41) is 9.52. The number of benzene rings is 2. The number of ether oxygens (including phenoxy) is 1. The second kappa shape index (κ2) is 7.20. The van der Waals surface area contributed by atoms with Crippen molar-refractivity contribution < 1.29 is 9.84 Å². The summed E-state index contributed by atoms with van der Waals surface area (Å²) in [7, 11) is 1.68. The summed E-state index contributed by atoms with van der Waals surface area (Å²) in [6.45, 7) is 0. The lowest BCUT2D eigenvalue weighted by molar-refractivity contribution is 0.405. The number of halogens is 1. The van der Waals surface area contributed by atoms with Gasteiger partial charge in [0.1, 0.15) is 11.5 Å². The molecule has 3 heteroatoms. The molecule has 1 N–H and O–H groups in total. The van der Waals surface area contributed by atoms with E-state index in [0.29, 0.717) is 17.5 Å². The van der Waals surface area contributed by atoms with E-state index in [-0.39, 0.29) is 0 Å². The molecule has 0 spiro atoms. The monoisotopic (exact) mass is 290 g/mol. The Labute approximate surface area is 125 Å². The Morgan fingerprint density at radius 1 is 1.10 bits per heavy atom. The number of phenols is 1. The predicted molar refractivity (Wildman–Crippen MR) is 82.7 cm³/mol. The first-order chi connectivity index (χ1) is 9.72. The number of methoxy groups -OCH3 is 1. The third kappa shape index (κ3) is 3.91. The molecular weight excluding hydrogens is 272 g/mol. The van der Waals surface area contributed by atoms with Crippen molar-refractivity contribution >= 4 is 11.6 Å². The van der Waals surface area contributed by atoms with E-state index in [0.717, 1.165) is 24.2 Å². The van der Waals surface area contributed by atoms with Gasteiger partial charge in [-0.3, -0.25) is 0 Å². The van der Waals surface area contributed by atoms with E-state index < -0.39 is 0 Å². The van der Waals surface area contributed by atoms with Crippen LogP contribution >= 0.6 is 11.6 Å². The minimum absolute atomic E-state index is 0.299. The molecule has 0 fully saturated rings. The molecular formula is C17H19ClO2. The van der Waals surface area contributed by atoms with Crippen LogP contribution in [-0.2, 0) is 12.8 Å². The summed E-state index contributed by atoms with van der Waals surface area (Å²) in [6, 6.07) is 15.4. The zero-order chi connectivity index (χ0) is 14.4. The third-order valence-corrected chi connectivity index (χ3v) is 3.79. The molecule has 0 aliphatic carbocycles. The SMILES string of the molecule is COc1ccccc1CC(CCl)Cc1cccc(O)c1. The van der Waals surface area contributed by atoms with Crippen molar-refractivity contribution in [1.82, 2.24) is 0 Å². The summed E-state index contributed by atoms with van der Waals surface area (Å²) in [4.78, 5) is 0. The highest BCUT2D eigenvalue weighted by atomic mass is 35.5. The van der Waals surface area contributed by atoms with E-state index in [1.807, 2.05) is 30.3 Å². The van der Waals surface area contributed by atoms with E-state index in [1.165, 1.54) is 5.56 Å². The van der Waals surface area contributed by atoms with Crippen molar-refractivity contribution in [1.29, 1.82) is 0 Å². The minimum Gasteiger partial charge on any atom is -0.508 e. The molecule has 1 unspecified atom stereocenters. The average Bonchev–Trinajstić information content (AvgIpc) is 2.47. The van der Waals surface area contributed by atoms with E-state index in [1.54, 1.807) is 19.2 Å². The van der Waals surface area contributed by atoms with Gasteiger partial charge >= 0.3 is 0 Å². The Morgan fingerprint density at radius 2 is 1.90 bits per heavy atom. The van der Waals surface area contributed by atoms with Crippen molar-refractivity contribution in [2.24, 2.45) is 5.92 Å². The van der Waals surface area contributed by atoms with Gasteiger partial charge in [0.25, 0.3) is 0 Å². The second-order valence-corrected chi connectivity index (χ2v) is 5.22. The van der Waals surface area contributed by atoms with Gasteiger partial charge in [0.15, 0.2) is 0 Å². The van der Waals surface area contributed by atoms with Crippen LogP contribution in [-0.4, -0.2) is 18.1 Å². The van der Waals surface area contributed by atoms with Gasteiger partial charge in [-0.15, -0.1) is 11.6 Å². The maximum Gasteiger partial charge on any atom is 0.122 e. The number of para-hydroxylation sites is 1. The molecule has 2 rings (SSSR count). The molecule has 2 nitrogen and oxygen atoms in total. The molecule has 2 aromatic rings. The Kier molecular flexibility index (Phi) is 5.31. The number of hydrogen-bond acceptors (Lipinski definition) is 2. The molecule has 0 amide bonds. The number of hydrogen-bond donors (Lipinski definition) is 1. The Hall–Kier alpha value is -1.67. The number of phenolic OH excluding ortho intramolecular Hbond substituents is 1. The summed E-state index contributed by atoms with van der Waals surface area (Å²) >= 11 is 6.10. The van der Waals surface area contributed by atoms with Gasteiger partial charge in [-0.25, -0.2) is 0 Å². The number of rotatable bonds is 6. The molecule has 0 radical (unpaired) electrons. The van der Waals surface area contributed by atoms with Crippen molar-refractivity contribution in [3.05, 3.63) is 59.7 Å². The summed E-state index contributed by atoms with van der Waals surface area (Å²) in [6.07, 6.45) is 1.71. The predicted octanol–water partition coefficient (Wildman–Crippen LogP) is 4.04. The van der Waals surface area contributed by atoms with Crippen molar-refractivity contribution in [2.45, 2.75) is 12.8 Å². The van der Waals surface area contributed by atoms with Gasteiger partial charge in [0.2, 0.25) is 0 Å². The van der Waals surface area contributed by atoms with E-state index in [4.69, 9.17) is 16.3 Å². The van der Waals surface area contributed by atoms with Gasteiger partial charge in [0, 0.05) is 5.88 Å². The zero-order valence-electron chi connectivity index (χ0n) is 11.6. The van der Waals surface area contributed by atoms with Gasteiger partial charge < -0.3 is 9.84 Å². The van der Waals surface area contributed by atoms with Gasteiger partial charge in [0.05, 0.1) is 7.11 Å². The first-order valence-corrected chi connectivity index (χ1v) is 7.22. The minimum atomic E-state index is 0.299. The van der Waals surface area contributed by atoms with Crippen LogP contribution in [0.25, 0.3) is 0 Å². The molecule has 0 heterocycles. The topological polar surface area (TPSA) is 29.5 Å². The van der Waals surface area contributed by atoms with Crippen LogP contribution in [0.5, 0.6) is 11.5 Å². The van der Waals surface area contributed by atoms with Gasteiger partial charge in [-0.1, -0.05) is 30.3 Å². The van der Waals surface area contributed by atoms with Crippen molar-refractivity contribution in [2.75, 3.05) is 13.0 Å². The fourth-order valence-corrected chi connectivity index (χ4v) is 2.60. The third-order valence-electron chi connectivity index (χ3n) is 3.35. The van der Waals surface area contributed by atoms with Crippen molar-refractivity contribution in [3.63, 3.8) is 0 Å². The largest absolute Gasteiger partial charge is 0.508 e. The standard InChI is InChI=1S/C17H19ClO2/c1-20-17-8-3-2-6-15(17)10-14(12-18)9-13-5-4-7-16(19)11-13/h2-8,11,14,19H,9-10,12H2,1H3. The molecule has 0 saturated carbocycles. The molecule has 106 valence electrons. The molecule has 1 atom stereocenters. The highest BCUT2D eigenvalue weighted by molar-refractivity contribution is 6.18.